The van der Waals surface area contributed by atoms with Gasteiger partial charge in [-0.1, -0.05) is 29.8 Å². The fraction of sp³-hybridized carbons (Fsp3) is 0.353. The molecule has 1 amide bonds. The normalized spacial score (nSPS) is 11.1. The van der Waals surface area contributed by atoms with Crippen LogP contribution in [0.4, 0.5) is 5.95 Å². The summed E-state index contributed by atoms with van der Waals surface area (Å²) in [6.45, 7) is 8.47. The van der Waals surface area contributed by atoms with Gasteiger partial charge in [-0.3, -0.25) is 4.79 Å². The summed E-state index contributed by atoms with van der Waals surface area (Å²) in [5, 5.41) is 6.03. The molecule has 0 fully saturated rings. The Hall–Kier alpha value is -2.43. The van der Waals surface area contributed by atoms with Crippen molar-refractivity contribution in [3.8, 4) is 0 Å². The molecule has 0 saturated carbocycles. The lowest BCUT2D eigenvalue weighted by atomic mass is 10.1. The molecule has 0 aliphatic heterocycles. The first-order valence-corrected chi connectivity index (χ1v) is 7.28. The van der Waals surface area contributed by atoms with Crippen LogP contribution >= 0.6 is 0 Å². The predicted octanol–water partition coefficient (Wildman–Crippen LogP) is 2.93. The summed E-state index contributed by atoms with van der Waals surface area (Å²) >= 11 is 0. The third kappa shape index (κ3) is 4.84. The van der Waals surface area contributed by atoms with Gasteiger partial charge >= 0.3 is 0 Å². The topological polar surface area (TPSA) is 66.9 Å². The lowest BCUT2D eigenvalue weighted by molar-refractivity contribution is 0.0914. The highest BCUT2D eigenvalue weighted by Crippen LogP contribution is 2.08. The van der Waals surface area contributed by atoms with Gasteiger partial charge < -0.3 is 10.6 Å². The summed E-state index contributed by atoms with van der Waals surface area (Å²) in [4.78, 5) is 20.5. The molecule has 0 aliphatic rings. The maximum Gasteiger partial charge on any atom is 0.270 e. The highest BCUT2D eigenvalue weighted by Gasteiger charge is 2.16. The molecular weight excluding hydrogens is 276 g/mol. The quantitative estimate of drug-likeness (QED) is 0.910. The van der Waals surface area contributed by atoms with Gasteiger partial charge in [-0.05, 0) is 39.3 Å². The summed E-state index contributed by atoms with van der Waals surface area (Å²) in [5.41, 5.74) is 2.42. The lowest BCUT2D eigenvalue weighted by Crippen LogP contribution is -2.41. The minimum absolute atomic E-state index is 0.200. The summed E-state index contributed by atoms with van der Waals surface area (Å²) in [6, 6.07) is 9.82. The molecule has 1 aromatic carbocycles. The van der Waals surface area contributed by atoms with Crippen molar-refractivity contribution in [2.75, 3.05) is 5.32 Å². The lowest BCUT2D eigenvalue weighted by Gasteiger charge is -2.20. The van der Waals surface area contributed by atoms with E-state index < -0.39 is 0 Å². The molecule has 116 valence electrons. The Bertz CT molecular complexity index is 662. The highest BCUT2D eigenvalue weighted by atomic mass is 16.2. The zero-order chi connectivity index (χ0) is 16.2. The molecule has 1 aromatic heterocycles. The van der Waals surface area contributed by atoms with E-state index in [2.05, 4.69) is 39.7 Å². The van der Waals surface area contributed by atoms with Crippen LogP contribution in [0.1, 0.15) is 42.4 Å². The third-order valence-corrected chi connectivity index (χ3v) is 2.91. The number of anilines is 1. The van der Waals surface area contributed by atoms with Crippen LogP contribution in [0.2, 0.25) is 0 Å². The van der Waals surface area contributed by atoms with Gasteiger partial charge in [0.05, 0.1) is 0 Å². The Kier molecular flexibility index (Phi) is 4.75. The number of amides is 1. The van der Waals surface area contributed by atoms with E-state index in [0.717, 1.165) is 5.56 Å². The fourth-order valence-electron chi connectivity index (χ4n) is 1.98. The van der Waals surface area contributed by atoms with Crippen molar-refractivity contribution < 1.29 is 4.79 Å². The van der Waals surface area contributed by atoms with Crippen LogP contribution < -0.4 is 10.6 Å². The van der Waals surface area contributed by atoms with Gasteiger partial charge in [0.1, 0.15) is 5.69 Å². The number of nitrogens with one attached hydrogen (secondary N) is 2. The van der Waals surface area contributed by atoms with Crippen molar-refractivity contribution in [3.05, 3.63) is 53.3 Å². The molecule has 2 N–H and O–H groups in total. The minimum atomic E-state index is -0.294. The second-order valence-corrected chi connectivity index (χ2v) is 6.31. The number of carbonyl (C=O) groups is 1. The second-order valence-electron chi connectivity index (χ2n) is 6.31. The number of aromatic nitrogens is 2. The monoisotopic (exact) mass is 298 g/mol. The SMILES string of the molecule is Cc1cccc(CNc2nccc(C(=O)NC(C)(C)C)n2)c1. The molecule has 22 heavy (non-hydrogen) atoms. The molecular formula is C17H22N4O. The molecule has 2 rings (SSSR count). The van der Waals surface area contributed by atoms with Gasteiger partial charge in [-0.15, -0.1) is 0 Å². The molecule has 0 atom stereocenters. The molecule has 0 unspecified atom stereocenters. The Morgan fingerprint density at radius 2 is 2.00 bits per heavy atom. The first-order valence-electron chi connectivity index (χ1n) is 7.28. The number of benzene rings is 1. The summed E-state index contributed by atoms with van der Waals surface area (Å²) in [5.74, 6) is 0.247. The average Bonchev–Trinajstić information content (AvgIpc) is 2.44. The van der Waals surface area contributed by atoms with Crippen molar-refractivity contribution >= 4 is 11.9 Å². The van der Waals surface area contributed by atoms with Gasteiger partial charge in [-0.25, -0.2) is 9.97 Å². The Morgan fingerprint density at radius 1 is 1.23 bits per heavy atom. The van der Waals surface area contributed by atoms with Crippen LogP contribution in [0.3, 0.4) is 0 Å². The number of hydrogen-bond donors (Lipinski definition) is 2. The number of rotatable bonds is 4. The van der Waals surface area contributed by atoms with Gasteiger partial charge in [0.15, 0.2) is 0 Å². The Labute approximate surface area is 131 Å². The first-order chi connectivity index (χ1) is 10.3. The molecule has 5 nitrogen and oxygen atoms in total. The third-order valence-electron chi connectivity index (χ3n) is 2.91. The van der Waals surface area contributed by atoms with Crippen molar-refractivity contribution in [3.63, 3.8) is 0 Å². The summed E-state index contributed by atoms with van der Waals surface area (Å²) < 4.78 is 0. The van der Waals surface area contributed by atoms with Crippen LogP contribution in [0, 0.1) is 6.92 Å². The molecule has 0 spiro atoms. The van der Waals surface area contributed by atoms with E-state index in [1.165, 1.54) is 5.56 Å². The molecule has 0 radical (unpaired) electrons. The van der Waals surface area contributed by atoms with Crippen molar-refractivity contribution in [1.29, 1.82) is 0 Å². The number of aryl methyl sites for hydroxylation is 1. The fourth-order valence-corrected chi connectivity index (χ4v) is 1.98. The van der Waals surface area contributed by atoms with Gasteiger partial charge in [-0.2, -0.15) is 0 Å². The van der Waals surface area contributed by atoms with Crippen LogP contribution in [0.5, 0.6) is 0 Å². The molecule has 0 saturated heterocycles. The molecule has 2 aromatic rings. The summed E-state index contributed by atoms with van der Waals surface area (Å²) in [6.07, 6.45) is 1.59. The standard InChI is InChI=1S/C17H22N4O/c1-12-6-5-7-13(10-12)11-19-16-18-9-8-14(20-16)15(22)21-17(2,3)4/h5-10H,11H2,1-4H3,(H,21,22)(H,18,19,20). The minimum Gasteiger partial charge on any atom is -0.350 e. The van der Waals surface area contributed by atoms with Gasteiger partial charge in [0, 0.05) is 18.3 Å². The van der Waals surface area contributed by atoms with E-state index in [4.69, 9.17) is 0 Å². The predicted molar refractivity (Wildman–Crippen MR) is 87.8 cm³/mol. The van der Waals surface area contributed by atoms with E-state index in [-0.39, 0.29) is 11.4 Å². The van der Waals surface area contributed by atoms with Crippen LogP contribution in [0.25, 0.3) is 0 Å². The smallest absolute Gasteiger partial charge is 0.270 e. The Morgan fingerprint density at radius 3 is 2.68 bits per heavy atom. The van der Waals surface area contributed by atoms with Crippen molar-refractivity contribution in [2.45, 2.75) is 39.8 Å². The van der Waals surface area contributed by atoms with Crippen molar-refractivity contribution in [2.24, 2.45) is 0 Å². The van der Waals surface area contributed by atoms with Crippen molar-refractivity contribution in [1.82, 2.24) is 15.3 Å². The average molecular weight is 298 g/mol. The van der Waals surface area contributed by atoms with Gasteiger partial charge in [0.25, 0.3) is 5.91 Å². The molecule has 0 bridgehead atoms. The van der Waals surface area contributed by atoms with E-state index in [0.29, 0.717) is 18.2 Å². The van der Waals surface area contributed by atoms with E-state index in [9.17, 15) is 4.79 Å². The van der Waals surface area contributed by atoms with Crippen LogP contribution in [0.15, 0.2) is 36.5 Å². The summed E-state index contributed by atoms with van der Waals surface area (Å²) in [7, 11) is 0. The van der Waals surface area contributed by atoms with E-state index in [1.54, 1.807) is 12.3 Å². The number of nitrogens with zero attached hydrogens (tertiary/aromatic N) is 2. The first kappa shape index (κ1) is 15.9. The maximum absolute atomic E-state index is 12.1. The second kappa shape index (κ2) is 6.56. The largest absolute Gasteiger partial charge is 0.350 e. The van der Waals surface area contributed by atoms with Crippen LogP contribution in [-0.2, 0) is 6.54 Å². The number of carbonyl (C=O) groups excluding carboxylic acids is 1. The van der Waals surface area contributed by atoms with E-state index >= 15 is 0 Å². The number of hydrogen-bond acceptors (Lipinski definition) is 4. The highest BCUT2D eigenvalue weighted by molar-refractivity contribution is 5.92. The maximum atomic E-state index is 12.1. The van der Waals surface area contributed by atoms with Gasteiger partial charge in [0.2, 0.25) is 5.95 Å². The zero-order valence-electron chi connectivity index (χ0n) is 13.5. The van der Waals surface area contributed by atoms with Crippen LogP contribution in [-0.4, -0.2) is 21.4 Å². The Balaban J connectivity index is 2.04. The molecule has 5 heteroatoms. The molecule has 1 heterocycles. The van der Waals surface area contributed by atoms with E-state index in [1.807, 2.05) is 32.9 Å². The molecule has 0 aliphatic carbocycles. The zero-order valence-corrected chi connectivity index (χ0v) is 13.5.